The Kier molecular flexibility index (Phi) is 6.35. The van der Waals surface area contributed by atoms with Crippen molar-refractivity contribution in [2.45, 2.75) is 38.8 Å². The number of aromatic nitrogens is 4. The van der Waals surface area contributed by atoms with Gasteiger partial charge in [-0.05, 0) is 31.5 Å². The zero-order valence-corrected chi connectivity index (χ0v) is 16.2. The van der Waals surface area contributed by atoms with E-state index in [1.165, 1.54) is 4.80 Å². The minimum atomic E-state index is -0.819. The molecular weight excluding hydrogens is 360 g/mol. The van der Waals surface area contributed by atoms with Crippen LogP contribution >= 0.6 is 0 Å². The molecule has 9 nitrogen and oxygen atoms in total. The maximum Gasteiger partial charge on any atom is 0.317 e. The molecule has 1 fully saturated rings. The van der Waals surface area contributed by atoms with Gasteiger partial charge in [0.2, 0.25) is 11.7 Å². The summed E-state index contributed by atoms with van der Waals surface area (Å²) in [6.45, 7) is 5.66. The number of carboxylic acid groups (broad SMARTS) is 1. The molecule has 0 spiro atoms. The Morgan fingerprint density at radius 1 is 1.25 bits per heavy atom. The zero-order valence-electron chi connectivity index (χ0n) is 16.2. The van der Waals surface area contributed by atoms with Crippen LogP contribution in [0.5, 0.6) is 0 Å². The molecule has 0 radical (unpaired) electrons. The summed E-state index contributed by atoms with van der Waals surface area (Å²) in [7, 11) is 0. The van der Waals surface area contributed by atoms with Gasteiger partial charge in [-0.3, -0.25) is 14.5 Å². The molecule has 28 heavy (non-hydrogen) atoms. The summed E-state index contributed by atoms with van der Waals surface area (Å²) >= 11 is 0. The molecule has 1 aromatic heterocycles. The SMILES string of the molecule is CCN(CC(=O)O)C1CCN(C(=O)C(C)n2nnc(-c3ccccc3)n2)CC1. The van der Waals surface area contributed by atoms with E-state index in [0.29, 0.717) is 25.5 Å². The first-order valence-electron chi connectivity index (χ1n) is 9.59. The maximum atomic E-state index is 12.9. The van der Waals surface area contributed by atoms with Crippen molar-refractivity contribution < 1.29 is 14.7 Å². The second-order valence-electron chi connectivity index (χ2n) is 6.99. The number of tetrazole rings is 1. The molecule has 1 saturated heterocycles. The summed E-state index contributed by atoms with van der Waals surface area (Å²) in [5.41, 5.74) is 0.854. The van der Waals surface area contributed by atoms with Gasteiger partial charge in [0.15, 0.2) is 0 Å². The lowest BCUT2D eigenvalue weighted by Gasteiger charge is -2.38. The van der Waals surface area contributed by atoms with Crippen LogP contribution in [0.4, 0.5) is 0 Å². The van der Waals surface area contributed by atoms with Crippen molar-refractivity contribution in [3.8, 4) is 11.4 Å². The zero-order chi connectivity index (χ0) is 20.1. The van der Waals surface area contributed by atoms with E-state index >= 15 is 0 Å². The largest absolute Gasteiger partial charge is 0.480 e. The van der Waals surface area contributed by atoms with Gasteiger partial charge in [-0.15, -0.1) is 10.2 Å². The second kappa shape index (κ2) is 8.92. The number of benzene rings is 1. The second-order valence-corrected chi connectivity index (χ2v) is 6.99. The first-order chi connectivity index (χ1) is 13.5. The molecule has 2 heterocycles. The molecule has 1 atom stereocenters. The van der Waals surface area contributed by atoms with Gasteiger partial charge < -0.3 is 10.0 Å². The van der Waals surface area contributed by atoms with Gasteiger partial charge in [0.1, 0.15) is 6.04 Å². The predicted molar refractivity (Wildman–Crippen MR) is 102 cm³/mol. The third-order valence-electron chi connectivity index (χ3n) is 5.20. The van der Waals surface area contributed by atoms with Crippen LogP contribution in [0, 0.1) is 0 Å². The fraction of sp³-hybridized carbons (Fsp3) is 0.526. The Morgan fingerprint density at radius 2 is 1.93 bits per heavy atom. The van der Waals surface area contributed by atoms with E-state index in [1.54, 1.807) is 11.8 Å². The number of carbonyl (C=O) groups is 2. The van der Waals surface area contributed by atoms with Crippen LogP contribution < -0.4 is 0 Å². The number of carboxylic acids is 1. The smallest absolute Gasteiger partial charge is 0.317 e. The number of nitrogens with zero attached hydrogens (tertiary/aromatic N) is 6. The number of carbonyl (C=O) groups excluding carboxylic acids is 1. The van der Waals surface area contributed by atoms with Gasteiger partial charge in [-0.1, -0.05) is 37.3 Å². The number of likely N-dealkylation sites (N-methyl/N-ethyl adjacent to an activating group) is 1. The number of likely N-dealkylation sites (tertiary alicyclic amines) is 1. The van der Waals surface area contributed by atoms with E-state index < -0.39 is 12.0 Å². The van der Waals surface area contributed by atoms with E-state index in [-0.39, 0.29) is 18.5 Å². The Hall–Kier alpha value is -2.81. The fourth-order valence-electron chi connectivity index (χ4n) is 3.58. The Balaban J connectivity index is 1.59. The van der Waals surface area contributed by atoms with E-state index in [4.69, 9.17) is 5.11 Å². The monoisotopic (exact) mass is 386 g/mol. The highest BCUT2D eigenvalue weighted by Crippen LogP contribution is 2.20. The molecule has 1 N–H and O–H groups in total. The molecule has 0 bridgehead atoms. The summed E-state index contributed by atoms with van der Waals surface area (Å²) in [5, 5.41) is 21.5. The number of piperidine rings is 1. The lowest BCUT2D eigenvalue weighted by molar-refractivity contribution is -0.141. The summed E-state index contributed by atoms with van der Waals surface area (Å²) in [5.74, 6) is -0.372. The van der Waals surface area contributed by atoms with Crippen LogP contribution in [-0.4, -0.2) is 79.2 Å². The molecule has 1 amide bonds. The molecule has 1 aliphatic heterocycles. The van der Waals surface area contributed by atoms with Crippen molar-refractivity contribution >= 4 is 11.9 Å². The van der Waals surface area contributed by atoms with E-state index in [2.05, 4.69) is 15.4 Å². The molecule has 3 rings (SSSR count). The first kappa shape index (κ1) is 19.9. The standard InChI is InChI=1S/C19H26N6O3/c1-3-23(13-17(26)27)16-9-11-24(12-10-16)19(28)14(2)25-21-18(20-22-25)15-7-5-4-6-8-15/h4-8,14,16H,3,9-13H2,1-2H3,(H,26,27). The summed E-state index contributed by atoms with van der Waals surface area (Å²) in [6, 6.07) is 9.17. The molecule has 150 valence electrons. The fourth-order valence-corrected chi connectivity index (χ4v) is 3.58. The highest BCUT2D eigenvalue weighted by Gasteiger charge is 2.30. The Bertz CT molecular complexity index is 801. The first-order valence-corrected chi connectivity index (χ1v) is 9.59. The van der Waals surface area contributed by atoms with Gasteiger partial charge in [-0.2, -0.15) is 4.80 Å². The third kappa shape index (κ3) is 4.53. The lowest BCUT2D eigenvalue weighted by Crippen LogP contribution is -2.49. The van der Waals surface area contributed by atoms with Gasteiger partial charge in [0, 0.05) is 24.7 Å². The van der Waals surface area contributed by atoms with Crippen LogP contribution in [0.15, 0.2) is 30.3 Å². The molecule has 9 heteroatoms. The van der Waals surface area contributed by atoms with E-state index in [1.807, 2.05) is 42.2 Å². The Labute approximate surface area is 163 Å². The maximum absolute atomic E-state index is 12.9. The summed E-state index contributed by atoms with van der Waals surface area (Å²) in [6.07, 6.45) is 1.53. The summed E-state index contributed by atoms with van der Waals surface area (Å²) in [4.78, 5) is 29.0. The predicted octanol–water partition coefficient (Wildman–Crippen LogP) is 1.30. The van der Waals surface area contributed by atoms with Crippen LogP contribution in [-0.2, 0) is 9.59 Å². The molecule has 2 aromatic rings. The third-order valence-corrected chi connectivity index (χ3v) is 5.20. The average molecular weight is 386 g/mol. The van der Waals surface area contributed by atoms with Gasteiger partial charge in [-0.25, -0.2) is 0 Å². The minimum Gasteiger partial charge on any atom is -0.480 e. The molecular formula is C19H26N6O3. The lowest BCUT2D eigenvalue weighted by atomic mass is 10.0. The van der Waals surface area contributed by atoms with Crippen LogP contribution in [0.2, 0.25) is 0 Å². The molecule has 0 saturated carbocycles. The van der Waals surface area contributed by atoms with E-state index in [0.717, 1.165) is 18.4 Å². The highest BCUT2D eigenvalue weighted by molar-refractivity contribution is 5.80. The van der Waals surface area contributed by atoms with Crippen LogP contribution in [0.3, 0.4) is 0 Å². The van der Waals surface area contributed by atoms with Gasteiger partial charge in [0.25, 0.3) is 0 Å². The number of aliphatic carboxylic acids is 1. The normalized spacial score (nSPS) is 16.3. The topological polar surface area (TPSA) is 104 Å². The molecule has 0 aliphatic carbocycles. The van der Waals surface area contributed by atoms with E-state index in [9.17, 15) is 9.59 Å². The summed E-state index contributed by atoms with van der Waals surface area (Å²) < 4.78 is 0. The highest BCUT2D eigenvalue weighted by atomic mass is 16.4. The van der Waals surface area contributed by atoms with Crippen molar-refractivity contribution in [3.63, 3.8) is 0 Å². The number of amides is 1. The van der Waals surface area contributed by atoms with Crippen molar-refractivity contribution in [2.24, 2.45) is 0 Å². The number of hydrogen-bond donors (Lipinski definition) is 1. The molecule has 1 unspecified atom stereocenters. The Morgan fingerprint density at radius 3 is 2.54 bits per heavy atom. The van der Waals surface area contributed by atoms with Crippen LogP contribution in [0.25, 0.3) is 11.4 Å². The van der Waals surface area contributed by atoms with Gasteiger partial charge in [0.05, 0.1) is 6.54 Å². The van der Waals surface area contributed by atoms with Gasteiger partial charge >= 0.3 is 5.97 Å². The van der Waals surface area contributed by atoms with Crippen LogP contribution in [0.1, 0.15) is 32.7 Å². The minimum absolute atomic E-state index is 0.0383. The quantitative estimate of drug-likeness (QED) is 0.765. The molecule has 1 aromatic carbocycles. The molecule has 1 aliphatic rings. The van der Waals surface area contributed by atoms with Crippen molar-refractivity contribution in [2.75, 3.05) is 26.2 Å². The average Bonchev–Trinajstić information content (AvgIpc) is 3.22. The van der Waals surface area contributed by atoms with Crippen molar-refractivity contribution in [1.82, 2.24) is 30.0 Å². The number of hydrogen-bond acceptors (Lipinski definition) is 6. The number of rotatable bonds is 7. The van der Waals surface area contributed by atoms with Crippen molar-refractivity contribution in [1.29, 1.82) is 0 Å². The van der Waals surface area contributed by atoms with Crippen molar-refractivity contribution in [3.05, 3.63) is 30.3 Å².